The second-order valence-electron chi connectivity index (χ2n) is 4.61. The summed E-state index contributed by atoms with van der Waals surface area (Å²) in [6, 6.07) is 16.0. The lowest BCUT2D eigenvalue weighted by atomic mass is 10.1. The maximum atomic E-state index is 12.9. The van der Waals surface area contributed by atoms with Gasteiger partial charge in [-0.1, -0.05) is 42.5 Å². The molecule has 0 saturated carbocycles. The Bertz CT molecular complexity index is 592. The highest BCUT2D eigenvalue weighted by atomic mass is 32.2. The third-order valence-corrected chi connectivity index (χ3v) is 4.27. The zero-order chi connectivity index (χ0) is 15.1. The lowest BCUT2D eigenvalue weighted by Gasteiger charge is -2.14. The van der Waals surface area contributed by atoms with Gasteiger partial charge in [0.1, 0.15) is 0 Å². The number of carboxylic acid groups (broad SMARTS) is 1. The van der Waals surface area contributed by atoms with Crippen molar-refractivity contribution in [2.75, 3.05) is 5.75 Å². The van der Waals surface area contributed by atoms with Crippen molar-refractivity contribution < 1.29 is 14.4 Å². The van der Waals surface area contributed by atoms with Gasteiger partial charge in [0.2, 0.25) is 0 Å². The molecular weight excluding hydrogens is 289 g/mol. The topological polar surface area (TPSA) is 49.3 Å². The van der Waals surface area contributed by atoms with Gasteiger partial charge in [-0.2, -0.15) is 5.54 Å². The molecule has 0 unspecified atom stereocenters. The molecule has 5 heteroatoms. The second kappa shape index (κ2) is 7.81. The summed E-state index contributed by atoms with van der Waals surface area (Å²) in [6.45, 7) is 0. The van der Waals surface area contributed by atoms with Gasteiger partial charge in [0.25, 0.3) is 0 Å². The van der Waals surface area contributed by atoms with Crippen LogP contribution >= 0.6 is 11.8 Å². The monoisotopic (exact) mass is 305 g/mol. The van der Waals surface area contributed by atoms with Crippen LogP contribution in [0.1, 0.15) is 15.9 Å². The van der Waals surface area contributed by atoms with E-state index in [-0.39, 0.29) is 11.6 Å². The number of carbonyl (C=O) groups is 1. The second-order valence-corrected chi connectivity index (χ2v) is 5.67. The van der Waals surface area contributed by atoms with Crippen molar-refractivity contribution in [1.82, 2.24) is 5.54 Å². The predicted molar refractivity (Wildman–Crippen MR) is 82.3 cm³/mol. The first-order chi connectivity index (χ1) is 10.2. The maximum Gasteiger partial charge on any atom is 0.336 e. The van der Waals surface area contributed by atoms with Crippen LogP contribution in [0.25, 0.3) is 0 Å². The standard InChI is InChI=1S/C16H16FNO2S/c17-18-13(10-12-6-2-1-3-7-12)11-21-15-9-5-4-8-14(15)16(19)20/h1-9,13,18H,10-11H2,(H,19,20)/t13-/m0/s1. The highest BCUT2D eigenvalue weighted by molar-refractivity contribution is 7.99. The summed E-state index contributed by atoms with van der Waals surface area (Å²) in [4.78, 5) is 11.8. The molecule has 0 saturated heterocycles. The van der Waals surface area contributed by atoms with Gasteiger partial charge in [-0.15, -0.1) is 16.2 Å². The molecule has 0 amide bonds. The van der Waals surface area contributed by atoms with Crippen molar-refractivity contribution in [2.24, 2.45) is 0 Å². The van der Waals surface area contributed by atoms with Crippen molar-refractivity contribution in [3.8, 4) is 0 Å². The molecule has 21 heavy (non-hydrogen) atoms. The van der Waals surface area contributed by atoms with Gasteiger partial charge in [0.05, 0.1) is 11.6 Å². The summed E-state index contributed by atoms with van der Waals surface area (Å²) < 4.78 is 12.9. The van der Waals surface area contributed by atoms with Gasteiger partial charge in [0, 0.05) is 10.6 Å². The minimum Gasteiger partial charge on any atom is -0.478 e. The highest BCUT2D eigenvalue weighted by Gasteiger charge is 2.14. The van der Waals surface area contributed by atoms with Crippen LogP contribution in [0.3, 0.4) is 0 Å². The molecule has 0 heterocycles. The lowest BCUT2D eigenvalue weighted by Crippen LogP contribution is -2.27. The molecule has 0 aliphatic carbocycles. The van der Waals surface area contributed by atoms with Gasteiger partial charge < -0.3 is 5.11 Å². The Morgan fingerprint density at radius 3 is 2.48 bits per heavy atom. The Morgan fingerprint density at radius 1 is 1.14 bits per heavy atom. The van der Waals surface area contributed by atoms with E-state index in [9.17, 15) is 9.28 Å². The average Bonchev–Trinajstić information content (AvgIpc) is 2.52. The highest BCUT2D eigenvalue weighted by Crippen LogP contribution is 2.24. The fourth-order valence-electron chi connectivity index (χ4n) is 1.99. The molecule has 3 nitrogen and oxygen atoms in total. The molecular formula is C16H16FNO2S. The number of aromatic carboxylic acids is 1. The van der Waals surface area contributed by atoms with E-state index in [1.807, 2.05) is 30.3 Å². The molecule has 0 radical (unpaired) electrons. The number of hydrogen-bond acceptors (Lipinski definition) is 3. The molecule has 0 fully saturated rings. The fourth-order valence-corrected chi connectivity index (χ4v) is 3.03. The Balaban J connectivity index is 1.99. The van der Waals surface area contributed by atoms with Gasteiger partial charge >= 0.3 is 5.97 Å². The third-order valence-electron chi connectivity index (χ3n) is 3.04. The molecule has 0 aromatic heterocycles. The number of halogens is 1. The smallest absolute Gasteiger partial charge is 0.336 e. The number of carboxylic acids is 1. The number of thioether (sulfide) groups is 1. The summed E-state index contributed by atoms with van der Waals surface area (Å²) in [5.74, 6) is -0.513. The van der Waals surface area contributed by atoms with Gasteiger partial charge in [-0.25, -0.2) is 4.79 Å². The average molecular weight is 305 g/mol. The number of benzene rings is 2. The van der Waals surface area contributed by atoms with E-state index >= 15 is 0 Å². The van der Waals surface area contributed by atoms with Crippen LogP contribution in [-0.2, 0) is 6.42 Å². The van der Waals surface area contributed by atoms with Gasteiger partial charge in [-0.3, -0.25) is 0 Å². The van der Waals surface area contributed by atoms with Crippen LogP contribution < -0.4 is 5.54 Å². The summed E-state index contributed by atoms with van der Waals surface area (Å²) in [5, 5.41) is 9.12. The van der Waals surface area contributed by atoms with Crippen LogP contribution in [0.15, 0.2) is 59.5 Å². The lowest BCUT2D eigenvalue weighted by molar-refractivity contribution is 0.0693. The largest absolute Gasteiger partial charge is 0.478 e. The van der Waals surface area contributed by atoms with Crippen molar-refractivity contribution in [3.63, 3.8) is 0 Å². The zero-order valence-electron chi connectivity index (χ0n) is 11.3. The normalized spacial score (nSPS) is 12.0. The minimum atomic E-state index is -0.967. The van der Waals surface area contributed by atoms with Crippen molar-refractivity contribution in [2.45, 2.75) is 17.4 Å². The molecule has 2 aromatic rings. The first kappa shape index (κ1) is 15.5. The van der Waals surface area contributed by atoms with Gasteiger partial charge in [-0.05, 0) is 24.1 Å². The zero-order valence-corrected chi connectivity index (χ0v) is 12.1. The van der Waals surface area contributed by atoms with Gasteiger partial charge in [0.15, 0.2) is 0 Å². The molecule has 1 atom stereocenters. The van der Waals surface area contributed by atoms with Crippen molar-refractivity contribution in [1.29, 1.82) is 0 Å². The van der Waals surface area contributed by atoms with E-state index < -0.39 is 5.97 Å². The molecule has 2 rings (SSSR count). The summed E-state index contributed by atoms with van der Waals surface area (Å²) in [6.07, 6.45) is 0.555. The minimum absolute atomic E-state index is 0.250. The maximum absolute atomic E-state index is 12.9. The summed E-state index contributed by atoms with van der Waals surface area (Å²) in [7, 11) is 0. The Morgan fingerprint density at radius 2 is 1.81 bits per heavy atom. The SMILES string of the molecule is O=C(O)c1ccccc1SC[C@H](Cc1ccccc1)NF. The number of nitrogens with one attached hydrogen (secondary N) is 1. The van der Waals surface area contributed by atoms with E-state index in [1.54, 1.807) is 29.8 Å². The predicted octanol–water partition coefficient (Wildman–Crippen LogP) is 3.56. The van der Waals surface area contributed by atoms with Crippen LogP contribution in [-0.4, -0.2) is 22.9 Å². The first-order valence-corrected chi connectivity index (χ1v) is 7.54. The van der Waals surface area contributed by atoms with E-state index in [4.69, 9.17) is 5.11 Å². The van der Waals surface area contributed by atoms with Crippen molar-refractivity contribution in [3.05, 3.63) is 65.7 Å². The summed E-state index contributed by atoms with van der Waals surface area (Å²) in [5.41, 5.74) is 3.09. The van der Waals surface area contributed by atoms with E-state index in [1.165, 1.54) is 11.8 Å². The molecule has 0 bridgehead atoms. The van der Waals surface area contributed by atoms with Crippen LogP contribution in [0.5, 0.6) is 0 Å². The van der Waals surface area contributed by atoms with E-state index in [2.05, 4.69) is 0 Å². The summed E-state index contributed by atoms with van der Waals surface area (Å²) >= 11 is 1.34. The number of hydrogen-bond donors (Lipinski definition) is 2. The molecule has 0 aliphatic heterocycles. The first-order valence-electron chi connectivity index (χ1n) is 6.56. The van der Waals surface area contributed by atoms with Crippen LogP contribution in [0.2, 0.25) is 0 Å². The quantitative estimate of drug-likeness (QED) is 0.606. The Kier molecular flexibility index (Phi) is 5.78. The van der Waals surface area contributed by atoms with Crippen LogP contribution in [0, 0.1) is 0 Å². The fraction of sp³-hybridized carbons (Fsp3) is 0.188. The van der Waals surface area contributed by atoms with E-state index in [0.717, 1.165) is 5.56 Å². The molecule has 0 spiro atoms. The Hall–Kier alpha value is -1.85. The molecule has 2 aromatic carbocycles. The molecule has 110 valence electrons. The van der Waals surface area contributed by atoms with E-state index in [0.29, 0.717) is 17.1 Å². The van der Waals surface area contributed by atoms with Crippen LogP contribution in [0.4, 0.5) is 4.48 Å². The number of rotatable bonds is 7. The Labute approximate surface area is 127 Å². The molecule has 0 aliphatic rings. The van der Waals surface area contributed by atoms with Crippen molar-refractivity contribution >= 4 is 17.7 Å². The molecule has 2 N–H and O–H groups in total. The third kappa shape index (κ3) is 4.58.